The van der Waals surface area contributed by atoms with E-state index in [4.69, 9.17) is 0 Å². The van der Waals surface area contributed by atoms with E-state index in [0.717, 1.165) is 11.9 Å². The van der Waals surface area contributed by atoms with Crippen LogP contribution in [0.2, 0.25) is 0 Å². The number of nitrogens with zero attached hydrogens (tertiary/aromatic N) is 1. The number of aromatic nitrogens is 1. The Kier molecular flexibility index (Phi) is 3.78. The molecule has 8 rings (SSSR count). The van der Waals surface area contributed by atoms with E-state index >= 15 is 0 Å². The molecule has 0 radical (unpaired) electrons. The molecule has 0 aliphatic heterocycles. The van der Waals surface area contributed by atoms with Crippen LogP contribution in [-0.4, -0.2) is 4.98 Å². The van der Waals surface area contributed by atoms with Crippen molar-refractivity contribution in [2.45, 2.75) is 6.42 Å². The average Bonchev–Trinajstić information content (AvgIpc) is 3.05. The molecular weight excluding hydrogens is 422 g/mol. The third-order valence-corrected chi connectivity index (χ3v) is 7.69. The van der Waals surface area contributed by atoms with Gasteiger partial charge in [0, 0.05) is 11.6 Å². The predicted octanol–water partition coefficient (Wildman–Crippen LogP) is 8.98. The number of hydrogen-bond donors (Lipinski definition) is 0. The van der Waals surface area contributed by atoms with Crippen LogP contribution in [0.25, 0.3) is 71.9 Å². The molecule has 0 atom stereocenters. The first kappa shape index (κ1) is 18.9. The second kappa shape index (κ2) is 7.01. The lowest BCUT2D eigenvalue weighted by molar-refractivity contribution is 1.28. The largest absolute Gasteiger partial charge is 0.256 e. The predicted molar refractivity (Wildman–Crippen MR) is 148 cm³/mol. The minimum atomic E-state index is 0.919. The van der Waals surface area contributed by atoms with E-state index in [1.165, 1.54) is 71.4 Å². The lowest BCUT2D eigenvalue weighted by Crippen LogP contribution is -1.96. The fraction of sp³-hybridized carbons (Fsp3) is 0.0294. The summed E-state index contributed by atoms with van der Waals surface area (Å²) in [5, 5.41) is 6.55. The standard InChI is InChI=1S/C34H21N/c1-2-9-24-25(10-3-1)30-20-32-26-12-5-4-11-23(26)27-13-6-14-28(34(27)32)31(30)19-29(24)21-15-16-33-22(18-21)8-7-17-35-33/h1-8,10-20H,9H2. The van der Waals surface area contributed by atoms with Crippen LogP contribution in [0.15, 0.2) is 109 Å². The Morgan fingerprint density at radius 3 is 2.40 bits per heavy atom. The summed E-state index contributed by atoms with van der Waals surface area (Å²) >= 11 is 0. The molecule has 2 aliphatic rings. The Hall–Kier alpha value is -4.49. The van der Waals surface area contributed by atoms with Crippen LogP contribution in [0.4, 0.5) is 0 Å². The fourth-order valence-electron chi connectivity index (χ4n) is 6.14. The van der Waals surface area contributed by atoms with Gasteiger partial charge in [0.1, 0.15) is 0 Å². The van der Waals surface area contributed by atoms with E-state index in [9.17, 15) is 0 Å². The molecule has 0 saturated heterocycles. The van der Waals surface area contributed by atoms with Crippen molar-refractivity contribution in [1.29, 1.82) is 0 Å². The molecule has 6 aromatic rings. The van der Waals surface area contributed by atoms with E-state index in [1.807, 2.05) is 12.3 Å². The first-order chi connectivity index (χ1) is 17.4. The molecule has 1 heterocycles. The monoisotopic (exact) mass is 443 g/mol. The van der Waals surface area contributed by atoms with Crippen molar-refractivity contribution in [3.8, 4) is 33.4 Å². The SMILES string of the molecule is C1=CCc2c(-c3ccc4ncccc4c3)cc3c(cc4c5c(cccc53)-c3ccccc3-4)c2C=C1. The molecular formula is C34H21N. The summed E-state index contributed by atoms with van der Waals surface area (Å²) in [6.07, 6.45) is 11.7. The van der Waals surface area contributed by atoms with E-state index < -0.39 is 0 Å². The summed E-state index contributed by atoms with van der Waals surface area (Å²) in [5.74, 6) is 0. The summed E-state index contributed by atoms with van der Waals surface area (Å²) in [6, 6.07) is 31.3. The van der Waals surface area contributed by atoms with Crippen LogP contribution in [0.3, 0.4) is 0 Å². The first-order valence-electron chi connectivity index (χ1n) is 12.2. The van der Waals surface area contributed by atoms with Gasteiger partial charge in [-0.1, -0.05) is 78.9 Å². The number of fused-ring (bicyclic) bond motifs is 8. The van der Waals surface area contributed by atoms with Crippen LogP contribution in [0.5, 0.6) is 0 Å². The van der Waals surface area contributed by atoms with E-state index in [1.54, 1.807) is 0 Å². The minimum absolute atomic E-state index is 0.919. The molecule has 1 aromatic heterocycles. The van der Waals surface area contributed by atoms with Crippen molar-refractivity contribution in [3.05, 3.63) is 120 Å². The number of rotatable bonds is 1. The third kappa shape index (κ3) is 2.61. The molecule has 2 aliphatic carbocycles. The van der Waals surface area contributed by atoms with Gasteiger partial charge in [-0.15, -0.1) is 0 Å². The maximum Gasteiger partial charge on any atom is 0.0702 e. The lowest BCUT2D eigenvalue weighted by Gasteiger charge is -2.18. The Bertz CT molecular complexity index is 1920. The molecule has 162 valence electrons. The Balaban J connectivity index is 1.52. The van der Waals surface area contributed by atoms with Gasteiger partial charge in [0.25, 0.3) is 0 Å². The summed E-state index contributed by atoms with van der Waals surface area (Å²) in [6.45, 7) is 0. The van der Waals surface area contributed by atoms with Crippen LogP contribution in [0.1, 0.15) is 11.1 Å². The van der Waals surface area contributed by atoms with E-state index in [-0.39, 0.29) is 0 Å². The topological polar surface area (TPSA) is 12.9 Å². The van der Waals surface area contributed by atoms with Crippen molar-refractivity contribution in [2.24, 2.45) is 0 Å². The maximum absolute atomic E-state index is 4.53. The van der Waals surface area contributed by atoms with Crippen LogP contribution >= 0.6 is 0 Å². The number of hydrogen-bond acceptors (Lipinski definition) is 1. The highest BCUT2D eigenvalue weighted by atomic mass is 14.6. The molecule has 1 nitrogen and oxygen atoms in total. The average molecular weight is 444 g/mol. The summed E-state index contributed by atoms with van der Waals surface area (Å²) in [7, 11) is 0. The van der Waals surface area contributed by atoms with Crippen LogP contribution in [-0.2, 0) is 6.42 Å². The molecule has 0 saturated carbocycles. The first-order valence-corrected chi connectivity index (χ1v) is 12.2. The smallest absolute Gasteiger partial charge is 0.0702 e. The fourth-order valence-corrected chi connectivity index (χ4v) is 6.14. The Morgan fingerprint density at radius 1 is 0.600 bits per heavy atom. The maximum atomic E-state index is 4.53. The highest BCUT2D eigenvalue weighted by molar-refractivity contribution is 6.25. The number of pyridine rings is 1. The number of benzene rings is 5. The van der Waals surface area contributed by atoms with Crippen LogP contribution < -0.4 is 0 Å². The second-order valence-electron chi connectivity index (χ2n) is 9.51. The molecule has 0 amide bonds. The van der Waals surface area contributed by atoms with Gasteiger partial charge in [0.15, 0.2) is 0 Å². The zero-order valence-electron chi connectivity index (χ0n) is 19.1. The van der Waals surface area contributed by atoms with Crippen molar-refractivity contribution in [1.82, 2.24) is 4.98 Å². The number of allylic oxidation sites excluding steroid dienone is 3. The van der Waals surface area contributed by atoms with E-state index in [0.29, 0.717) is 0 Å². The zero-order chi connectivity index (χ0) is 22.9. The molecule has 5 aromatic carbocycles. The normalized spacial score (nSPS) is 13.4. The molecule has 35 heavy (non-hydrogen) atoms. The molecule has 0 N–H and O–H groups in total. The third-order valence-electron chi connectivity index (χ3n) is 7.69. The lowest BCUT2D eigenvalue weighted by atomic mass is 9.85. The summed E-state index contributed by atoms with van der Waals surface area (Å²) in [4.78, 5) is 4.53. The highest BCUT2D eigenvalue weighted by Gasteiger charge is 2.24. The van der Waals surface area contributed by atoms with Gasteiger partial charge in [-0.25, -0.2) is 0 Å². The van der Waals surface area contributed by atoms with Crippen molar-refractivity contribution in [2.75, 3.05) is 0 Å². The molecule has 0 spiro atoms. The highest BCUT2D eigenvalue weighted by Crippen LogP contribution is 2.50. The summed E-state index contributed by atoms with van der Waals surface area (Å²) in [5.41, 5.74) is 11.7. The molecule has 0 unspecified atom stereocenters. The second-order valence-corrected chi connectivity index (χ2v) is 9.51. The molecule has 0 fully saturated rings. The van der Waals surface area contributed by atoms with Crippen molar-refractivity contribution >= 4 is 38.5 Å². The summed E-state index contributed by atoms with van der Waals surface area (Å²) < 4.78 is 0. The van der Waals surface area contributed by atoms with Gasteiger partial charge in [0.05, 0.1) is 5.52 Å². The Labute approximate surface area is 203 Å². The molecule has 1 heteroatoms. The van der Waals surface area contributed by atoms with Gasteiger partial charge < -0.3 is 0 Å². The molecule has 0 bridgehead atoms. The van der Waals surface area contributed by atoms with Gasteiger partial charge in [-0.05, 0) is 103 Å². The Morgan fingerprint density at radius 2 is 1.46 bits per heavy atom. The van der Waals surface area contributed by atoms with Crippen molar-refractivity contribution < 1.29 is 0 Å². The van der Waals surface area contributed by atoms with E-state index in [2.05, 4.69) is 108 Å². The van der Waals surface area contributed by atoms with Gasteiger partial charge in [0.2, 0.25) is 0 Å². The van der Waals surface area contributed by atoms with Crippen molar-refractivity contribution in [3.63, 3.8) is 0 Å². The van der Waals surface area contributed by atoms with Crippen LogP contribution in [0, 0.1) is 0 Å². The quantitative estimate of drug-likeness (QED) is 0.231. The zero-order valence-corrected chi connectivity index (χ0v) is 19.1. The van der Waals surface area contributed by atoms with Gasteiger partial charge in [-0.3, -0.25) is 4.98 Å². The van der Waals surface area contributed by atoms with Gasteiger partial charge in [-0.2, -0.15) is 0 Å². The van der Waals surface area contributed by atoms with Gasteiger partial charge >= 0.3 is 0 Å². The minimum Gasteiger partial charge on any atom is -0.256 e.